The van der Waals surface area contributed by atoms with Crippen LogP contribution in [-0.4, -0.2) is 43.5 Å². The molecule has 1 heterocycles. The van der Waals surface area contributed by atoms with Crippen molar-refractivity contribution in [1.29, 1.82) is 0 Å². The van der Waals surface area contributed by atoms with Gasteiger partial charge in [-0.3, -0.25) is 4.79 Å². The monoisotopic (exact) mass is 291 g/mol. The first-order chi connectivity index (χ1) is 9.29. The fraction of sp³-hybridized carbons (Fsp3) is 0.462. The van der Waals surface area contributed by atoms with Crippen LogP contribution in [0.4, 0.5) is 17.6 Å². The Kier molecular flexibility index (Phi) is 4.10. The Balaban J connectivity index is 2.26. The molecule has 7 heteroatoms. The Hall–Kier alpha value is -1.47. The lowest BCUT2D eigenvalue weighted by molar-refractivity contribution is -0.140. The molecule has 1 saturated heterocycles. The van der Waals surface area contributed by atoms with E-state index in [1.165, 1.54) is 0 Å². The van der Waals surface area contributed by atoms with Gasteiger partial charge in [-0.25, -0.2) is 4.39 Å². The Labute approximate surface area is 113 Å². The number of likely N-dealkylation sites (N-methyl/N-ethyl adjacent to an activating group) is 1. The topological polar surface area (TPSA) is 29.5 Å². The molecule has 1 aliphatic heterocycles. The SMILES string of the molecule is CN1CCOC(C(=O)c2ccc(F)c(C(F)(F)F)c2)C1. The second kappa shape index (κ2) is 5.49. The lowest BCUT2D eigenvalue weighted by Crippen LogP contribution is -2.44. The molecule has 0 amide bonds. The summed E-state index contributed by atoms with van der Waals surface area (Å²) >= 11 is 0. The maximum Gasteiger partial charge on any atom is 0.419 e. The zero-order valence-electron chi connectivity index (χ0n) is 10.7. The number of carbonyl (C=O) groups is 1. The van der Waals surface area contributed by atoms with E-state index in [2.05, 4.69) is 0 Å². The standard InChI is InChI=1S/C13H13F4NO2/c1-18-4-5-20-11(7-18)12(19)8-2-3-10(14)9(6-8)13(15,16)17/h2-3,6,11H,4-5,7H2,1H3. The zero-order valence-corrected chi connectivity index (χ0v) is 10.7. The van der Waals surface area contributed by atoms with E-state index in [-0.39, 0.29) is 5.56 Å². The lowest BCUT2D eigenvalue weighted by atomic mass is 10.0. The molecule has 0 aliphatic carbocycles. The van der Waals surface area contributed by atoms with Gasteiger partial charge in [-0.2, -0.15) is 13.2 Å². The minimum atomic E-state index is -4.83. The van der Waals surface area contributed by atoms with Crippen LogP contribution in [0.5, 0.6) is 0 Å². The van der Waals surface area contributed by atoms with Gasteiger partial charge >= 0.3 is 6.18 Å². The average Bonchev–Trinajstić information content (AvgIpc) is 2.37. The molecule has 0 aromatic heterocycles. The number of morpholine rings is 1. The van der Waals surface area contributed by atoms with Gasteiger partial charge in [0.15, 0.2) is 5.78 Å². The van der Waals surface area contributed by atoms with Crippen LogP contribution in [-0.2, 0) is 10.9 Å². The van der Waals surface area contributed by atoms with Crippen molar-refractivity contribution < 1.29 is 27.1 Å². The number of halogens is 4. The van der Waals surface area contributed by atoms with E-state index < -0.39 is 29.4 Å². The van der Waals surface area contributed by atoms with Crippen LogP contribution in [0.1, 0.15) is 15.9 Å². The van der Waals surface area contributed by atoms with E-state index in [0.717, 1.165) is 6.07 Å². The van der Waals surface area contributed by atoms with Crippen molar-refractivity contribution in [3.05, 3.63) is 35.1 Å². The summed E-state index contributed by atoms with van der Waals surface area (Å²) in [4.78, 5) is 13.9. The number of Topliss-reactive ketones (excluding diaryl/α,β-unsaturated/α-hetero) is 1. The van der Waals surface area contributed by atoms with Gasteiger partial charge in [0.2, 0.25) is 0 Å². The summed E-state index contributed by atoms with van der Waals surface area (Å²) in [5, 5.41) is 0. The minimum Gasteiger partial charge on any atom is -0.367 e. The van der Waals surface area contributed by atoms with Gasteiger partial charge in [0.05, 0.1) is 12.2 Å². The van der Waals surface area contributed by atoms with E-state index in [1.807, 2.05) is 4.90 Å². The van der Waals surface area contributed by atoms with Crippen LogP contribution in [0, 0.1) is 5.82 Å². The molecule has 1 aliphatic rings. The number of hydrogen-bond donors (Lipinski definition) is 0. The third kappa shape index (κ3) is 3.16. The molecule has 2 rings (SSSR count). The molecule has 0 radical (unpaired) electrons. The Bertz CT molecular complexity index is 516. The summed E-state index contributed by atoms with van der Waals surface area (Å²) in [6.07, 6.45) is -5.65. The van der Waals surface area contributed by atoms with Crippen LogP contribution in [0.2, 0.25) is 0 Å². The third-order valence-corrected chi connectivity index (χ3v) is 3.12. The van der Waals surface area contributed by atoms with Crippen molar-refractivity contribution in [3.63, 3.8) is 0 Å². The molecule has 1 fully saturated rings. The van der Waals surface area contributed by atoms with E-state index >= 15 is 0 Å². The molecule has 1 aromatic rings. The molecule has 0 bridgehead atoms. The lowest BCUT2D eigenvalue weighted by Gasteiger charge is -2.29. The number of hydrogen-bond acceptors (Lipinski definition) is 3. The van der Waals surface area contributed by atoms with Crippen LogP contribution < -0.4 is 0 Å². The van der Waals surface area contributed by atoms with Gasteiger partial charge in [-0.05, 0) is 25.2 Å². The molecule has 1 aromatic carbocycles. The van der Waals surface area contributed by atoms with E-state index in [4.69, 9.17) is 4.74 Å². The second-order valence-electron chi connectivity index (χ2n) is 4.68. The first-order valence-electron chi connectivity index (χ1n) is 6.00. The Morgan fingerprint density at radius 3 is 2.70 bits per heavy atom. The zero-order chi connectivity index (χ0) is 14.9. The number of alkyl halides is 3. The predicted octanol–water partition coefficient (Wildman–Crippen LogP) is 2.36. The first-order valence-corrected chi connectivity index (χ1v) is 6.00. The highest BCUT2D eigenvalue weighted by Crippen LogP contribution is 2.32. The smallest absolute Gasteiger partial charge is 0.367 e. The maximum atomic E-state index is 13.2. The molecule has 1 atom stereocenters. The summed E-state index contributed by atoms with van der Waals surface area (Å²) in [5.41, 5.74) is -1.63. The highest BCUT2D eigenvalue weighted by Gasteiger charge is 2.35. The molecule has 110 valence electrons. The normalized spacial score (nSPS) is 20.9. The van der Waals surface area contributed by atoms with Gasteiger partial charge in [0, 0.05) is 18.7 Å². The van der Waals surface area contributed by atoms with Crippen LogP contribution >= 0.6 is 0 Å². The fourth-order valence-corrected chi connectivity index (χ4v) is 2.02. The minimum absolute atomic E-state index is 0.195. The van der Waals surface area contributed by atoms with Gasteiger partial charge in [-0.15, -0.1) is 0 Å². The van der Waals surface area contributed by atoms with Crippen molar-refractivity contribution >= 4 is 5.78 Å². The summed E-state index contributed by atoms with van der Waals surface area (Å²) in [6, 6.07) is 2.24. The largest absolute Gasteiger partial charge is 0.419 e. The molecule has 1 unspecified atom stereocenters. The molecule has 0 saturated carbocycles. The quantitative estimate of drug-likeness (QED) is 0.619. The van der Waals surface area contributed by atoms with Gasteiger partial charge in [-0.1, -0.05) is 0 Å². The summed E-state index contributed by atoms with van der Waals surface area (Å²) < 4.78 is 56.2. The summed E-state index contributed by atoms with van der Waals surface area (Å²) in [6.45, 7) is 1.29. The summed E-state index contributed by atoms with van der Waals surface area (Å²) in [7, 11) is 1.79. The fourth-order valence-electron chi connectivity index (χ4n) is 2.02. The Morgan fingerprint density at radius 2 is 2.10 bits per heavy atom. The molecule has 0 spiro atoms. The molecular weight excluding hydrogens is 278 g/mol. The van der Waals surface area contributed by atoms with Crippen molar-refractivity contribution in [2.75, 3.05) is 26.7 Å². The average molecular weight is 291 g/mol. The number of nitrogens with zero attached hydrogens (tertiary/aromatic N) is 1. The Morgan fingerprint density at radius 1 is 1.40 bits per heavy atom. The molecular formula is C13H13F4NO2. The van der Waals surface area contributed by atoms with Gasteiger partial charge < -0.3 is 9.64 Å². The third-order valence-electron chi connectivity index (χ3n) is 3.12. The van der Waals surface area contributed by atoms with Crippen LogP contribution in [0.15, 0.2) is 18.2 Å². The molecule has 3 nitrogen and oxygen atoms in total. The van der Waals surface area contributed by atoms with Crippen molar-refractivity contribution in [2.24, 2.45) is 0 Å². The summed E-state index contributed by atoms with van der Waals surface area (Å²) in [5.74, 6) is -1.96. The number of ether oxygens (including phenoxy) is 1. The number of rotatable bonds is 2. The van der Waals surface area contributed by atoms with E-state index in [9.17, 15) is 22.4 Å². The molecule has 20 heavy (non-hydrogen) atoms. The van der Waals surface area contributed by atoms with Crippen molar-refractivity contribution in [2.45, 2.75) is 12.3 Å². The van der Waals surface area contributed by atoms with E-state index in [0.29, 0.717) is 31.8 Å². The van der Waals surface area contributed by atoms with Crippen molar-refractivity contribution in [3.8, 4) is 0 Å². The predicted molar refractivity (Wildman–Crippen MR) is 63.0 cm³/mol. The second-order valence-corrected chi connectivity index (χ2v) is 4.68. The highest BCUT2D eigenvalue weighted by atomic mass is 19.4. The van der Waals surface area contributed by atoms with Gasteiger partial charge in [0.1, 0.15) is 11.9 Å². The number of benzene rings is 1. The van der Waals surface area contributed by atoms with Crippen LogP contribution in [0.3, 0.4) is 0 Å². The van der Waals surface area contributed by atoms with Gasteiger partial charge in [0.25, 0.3) is 0 Å². The van der Waals surface area contributed by atoms with Crippen LogP contribution in [0.25, 0.3) is 0 Å². The van der Waals surface area contributed by atoms with E-state index in [1.54, 1.807) is 7.05 Å². The maximum absolute atomic E-state index is 13.2. The highest BCUT2D eigenvalue weighted by molar-refractivity contribution is 5.99. The molecule has 0 N–H and O–H groups in total. The number of ketones is 1. The number of carbonyl (C=O) groups excluding carboxylic acids is 1. The van der Waals surface area contributed by atoms with Crippen molar-refractivity contribution in [1.82, 2.24) is 4.90 Å². The first kappa shape index (κ1) is 14.9.